The van der Waals surface area contributed by atoms with Crippen LogP contribution in [-0.2, 0) is 0 Å². The lowest BCUT2D eigenvalue weighted by atomic mass is 10.1. The van der Waals surface area contributed by atoms with Gasteiger partial charge in [-0.15, -0.1) is 0 Å². The van der Waals surface area contributed by atoms with Crippen LogP contribution in [0.5, 0.6) is 5.88 Å². The van der Waals surface area contributed by atoms with Crippen molar-refractivity contribution in [3.05, 3.63) is 17.0 Å². The molecule has 4 heteroatoms. The monoisotopic (exact) mass is 256 g/mol. The standard InChI is InChI=1S/C13H21ClN2O/c1-8(2)6-10(5)17-13-11(9(3)4)12(14)15-7-16-13/h7-10H,6H2,1-5H3. The predicted molar refractivity (Wildman–Crippen MR) is 70.7 cm³/mol. The summed E-state index contributed by atoms with van der Waals surface area (Å²) >= 11 is 6.08. The summed E-state index contributed by atoms with van der Waals surface area (Å²) in [5.74, 6) is 1.47. The van der Waals surface area contributed by atoms with Crippen LogP contribution < -0.4 is 4.74 Å². The summed E-state index contributed by atoms with van der Waals surface area (Å²) in [7, 11) is 0. The first-order valence-electron chi connectivity index (χ1n) is 6.08. The Morgan fingerprint density at radius 1 is 1.18 bits per heavy atom. The van der Waals surface area contributed by atoms with Gasteiger partial charge in [0.2, 0.25) is 5.88 Å². The van der Waals surface area contributed by atoms with Crippen LogP contribution in [0.3, 0.4) is 0 Å². The van der Waals surface area contributed by atoms with Crippen molar-refractivity contribution in [2.75, 3.05) is 0 Å². The maximum atomic E-state index is 6.08. The highest BCUT2D eigenvalue weighted by molar-refractivity contribution is 6.30. The number of ether oxygens (including phenoxy) is 1. The van der Waals surface area contributed by atoms with Crippen LogP contribution in [0.4, 0.5) is 0 Å². The molecule has 17 heavy (non-hydrogen) atoms. The van der Waals surface area contributed by atoms with Gasteiger partial charge in [0.1, 0.15) is 11.5 Å². The minimum Gasteiger partial charge on any atom is -0.474 e. The molecule has 0 aliphatic carbocycles. The summed E-state index contributed by atoms with van der Waals surface area (Å²) < 4.78 is 5.86. The van der Waals surface area contributed by atoms with Crippen molar-refractivity contribution in [1.29, 1.82) is 0 Å². The fourth-order valence-corrected chi connectivity index (χ4v) is 2.18. The normalized spacial score (nSPS) is 13.2. The van der Waals surface area contributed by atoms with Gasteiger partial charge >= 0.3 is 0 Å². The Bertz CT molecular complexity index is 366. The van der Waals surface area contributed by atoms with Crippen LogP contribution in [0.1, 0.15) is 52.5 Å². The zero-order valence-corrected chi connectivity index (χ0v) is 12.0. The van der Waals surface area contributed by atoms with E-state index in [0.717, 1.165) is 12.0 Å². The molecular formula is C13H21ClN2O. The molecule has 1 rings (SSSR count). The molecule has 1 aromatic heterocycles. The van der Waals surface area contributed by atoms with Gasteiger partial charge < -0.3 is 4.74 Å². The molecule has 1 aromatic rings. The Morgan fingerprint density at radius 3 is 2.35 bits per heavy atom. The van der Waals surface area contributed by atoms with Gasteiger partial charge in [0.15, 0.2) is 0 Å². The van der Waals surface area contributed by atoms with Crippen LogP contribution in [-0.4, -0.2) is 16.1 Å². The van der Waals surface area contributed by atoms with Crippen molar-refractivity contribution in [1.82, 2.24) is 9.97 Å². The van der Waals surface area contributed by atoms with Gasteiger partial charge in [-0.3, -0.25) is 0 Å². The van der Waals surface area contributed by atoms with Crippen molar-refractivity contribution >= 4 is 11.6 Å². The van der Waals surface area contributed by atoms with E-state index in [-0.39, 0.29) is 12.0 Å². The van der Waals surface area contributed by atoms with Gasteiger partial charge in [0.25, 0.3) is 0 Å². The number of hydrogen-bond acceptors (Lipinski definition) is 3. The Kier molecular flexibility index (Phi) is 5.19. The SMILES string of the molecule is CC(C)CC(C)Oc1ncnc(Cl)c1C(C)C. The summed E-state index contributed by atoms with van der Waals surface area (Å²) in [6, 6.07) is 0. The minimum atomic E-state index is 0.137. The first kappa shape index (κ1) is 14.2. The minimum absolute atomic E-state index is 0.137. The van der Waals surface area contributed by atoms with E-state index in [9.17, 15) is 0 Å². The molecular weight excluding hydrogens is 236 g/mol. The third kappa shape index (κ3) is 4.15. The average Bonchev–Trinajstić information content (AvgIpc) is 2.15. The molecule has 0 bridgehead atoms. The largest absolute Gasteiger partial charge is 0.474 e. The molecule has 0 radical (unpaired) electrons. The Balaban J connectivity index is 2.87. The van der Waals surface area contributed by atoms with E-state index in [1.165, 1.54) is 6.33 Å². The average molecular weight is 257 g/mol. The van der Waals surface area contributed by atoms with Gasteiger partial charge in [-0.2, -0.15) is 0 Å². The van der Waals surface area contributed by atoms with Crippen molar-refractivity contribution < 1.29 is 4.74 Å². The molecule has 0 aliphatic rings. The van der Waals surface area contributed by atoms with Crippen LogP contribution >= 0.6 is 11.6 Å². The summed E-state index contributed by atoms with van der Waals surface area (Å²) in [6.07, 6.45) is 2.59. The predicted octanol–water partition coefficient (Wildman–Crippen LogP) is 4.07. The Labute approximate surface area is 109 Å². The van der Waals surface area contributed by atoms with E-state index in [4.69, 9.17) is 16.3 Å². The molecule has 0 saturated heterocycles. The molecule has 0 aliphatic heterocycles. The van der Waals surface area contributed by atoms with E-state index in [2.05, 4.69) is 44.6 Å². The van der Waals surface area contributed by atoms with Gasteiger partial charge in [-0.05, 0) is 25.2 Å². The topological polar surface area (TPSA) is 35.0 Å². The number of halogens is 1. The highest BCUT2D eigenvalue weighted by atomic mass is 35.5. The van der Waals surface area contributed by atoms with Crippen LogP contribution in [0, 0.1) is 5.92 Å². The smallest absolute Gasteiger partial charge is 0.221 e. The van der Waals surface area contributed by atoms with Gasteiger partial charge in [-0.25, -0.2) is 9.97 Å². The first-order valence-corrected chi connectivity index (χ1v) is 6.46. The van der Waals surface area contributed by atoms with Crippen LogP contribution in [0.15, 0.2) is 6.33 Å². The highest BCUT2D eigenvalue weighted by Crippen LogP contribution is 2.30. The Hall–Kier alpha value is -0.830. The molecule has 1 unspecified atom stereocenters. The molecule has 0 aromatic carbocycles. The quantitative estimate of drug-likeness (QED) is 0.745. The molecule has 96 valence electrons. The second kappa shape index (κ2) is 6.20. The second-order valence-corrected chi connectivity index (χ2v) is 5.45. The van der Waals surface area contributed by atoms with E-state index < -0.39 is 0 Å². The van der Waals surface area contributed by atoms with E-state index in [0.29, 0.717) is 17.0 Å². The summed E-state index contributed by atoms with van der Waals surface area (Å²) in [5.41, 5.74) is 0.893. The zero-order valence-electron chi connectivity index (χ0n) is 11.2. The summed E-state index contributed by atoms with van der Waals surface area (Å²) in [5, 5.41) is 0.488. The highest BCUT2D eigenvalue weighted by Gasteiger charge is 2.17. The lowest BCUT2D eigenvalue weighted by Crippen LogP contribution is -2.16. The van der Waals surface area contributed by atoms with E-state index >= 15 is 0 Å². The van der Waals surface area contributed by atoms with Gasteiger partial charge in [0, 0.05) is 0 Å². The van der Waals surface area contributed by atoms with Gasteiger partial charge in [-0.1, -0.05) is 39.3 Å². The Morgan fingerprint density at radius 2 is 1.82 bits per heavy atom. The molecule has 1 atom stereocenters. The molecule has 3 nitrogen and oxygen atoms in total. The summed E-state index contributed by atoms with van der Waals surface area (Å²) in [6.45, 7) is 10.5. The lowest BCUT2D eigenvalue weighted by Gasteiger charge is -2.19. The molecule has 0 amide bonds. The number of rotatable bonds is 5. The molecule has 0 spiro atoms. The molecule has 0 N–H and O–H groups in total. The first-order chi connectivity index (χ1) is 7.91. The third-order valence-corrected chi connectivity index (χ3v) is 2.79. The fourth-order valence-electron chi connectivity index (χ4n) is 1.84. The van der Waals surface area contributed by atoms with E-state index in [1.54, 1.807) is 0 Å². The van der Waals surface area contributed by atoms with Crippen LogP contribution in [0.25, 0.3) is 0 Å². The van der Waals surface area contributed by atoms with Crippen LogP contribution in [0.2, 0.25) is 5.15 Å². The van der Waals surface area contributed by atoms with E-state index in [1.807, 2.05) is 0 Å². The van der Waals surface area contributed by atoms with Gasteiger partial charge in [0.05, 0.1) is 11.7 Å². The molecule has 0 fully saturated rings. The lowest BCUT2D eigenvalue weighted by molar-refractivity contribution is 0.183. The zero-order chi connectivity index (χ0) is 13.0. The number of aromatic nitrogens is 2. The maximum absolute atomic E-state index is 6.08. The van der Waals surface area contributed by atoms with Crippen molar-refractivity contribution in [2.24, 2.45) is 5.92 Å². The van der Waals surface area contributed by atoms with Crippen molar-refractivity contribution in [2.45, 2.75) is 53.1 Å². The number of hydrogen-bond donors (Lipinski definition) is 0. The number of nitrogens with zero attached hydrogens (tertiary/aromatic N) is 2. The third-order valence-electron chi connectivity index (χ3n) is 2.49. The summed E-state index contributed by atoms with van der Waals surface area (Å²) in [4.78, 5) is 8.19. The van der Waals surface area contributed by atoms with Crippen molar-refractivity contribution in [3.63, 3.8) is 0 Å². The second-order valence-electron chi connectivity index (χ2n) is 5.10. The fraction of sp³-hybridized carbons (Fsp3) is 0.692. The maximum Gasteiger partial charge on any atom is 0.221 e. The van der Waals surface area contributed by atoms with Crippen molar-refractivity contribution in [3.8, 4) is 5.88 Å². The molecule has 0 saturated carbocycles. The molecule has 1 heterocycles.